The van der Waals surface area contributed by atoms with Crippen molar-refractivity contribution in [2.24, 2.45) is 39.4 Å². The fraction of sp³-hybridized carbons (Fsp3) is 0.853. The smallest absolute Gasteiger partial charge is 0.335 e. The molecule has 0 spiro atoms. The molecule has 3 saturated carbocycles. The van der Waals surface area contributed by atoms with Crippen molar-refractivity contribution in [1.82, 2.24) is 0 Å². The minimum atomic E-state index is -0.740. The highest BCUT2D eigenvalue weighted by Gasteiger charge is 2.70. The van der Waals surface area contributed by atoms with Crippen molar-refractivity contribution in [3.8, 4) is 0 Å². The average molecular weight is 573 g/mol. The van der Waals surface area contributed by atoms with Crippen molar-refractivity contribution in [3.05, 3.63) is 11.1 Å². The minimum absolute atomic E-state index is 0.0263. The molecule has 5 aliphatic rings. The van der Waals surface area contributed by atoms with Crippen LogP contribution in [0, 0.1) is 39.4 Å². The maximum absolute atomic E-state index is 13.4. The maximum atomic E-state index is 13.4. The van der Waals surface area contributed by atoms with Crippen LogP contribution in [-0.2, 0) is 28.6 Å². The predicted molar refractivity (Wildman–Crippen MR) is 154 cm³/mol. The molecule has 0 aromatic carbocycles. The number of carbonyl (C=O) groups excluding carboxylic acids is 3. The molecule has 4 aliphatic carbocycles. The quantitative estimate of drug-likeness (QED) is 0.294. The van der Waals surface area contributed by atoms with Crippen molar-refractivity contribution in [2.45, 2.75) is 144 Å². The highest BCUT2D eigenvalue weighted by atomic mass is 16.6. The number of ether oxygens (including phenoxy) is 3. The van der Waals surface area contributed by atoms with Gasteiger partial charge in [0, 0.05) is 23.3 Å². The van der Waals surface area contributed by atoms with Crippen molar-refractivity contribution < 1.29 is 33.7 Å². The van der Waals surface area contributed by atoms with Crippen molar-refractivity contribution >= 4 is 17.9 Å². The average Bonchev–Trinajstić information content (AvgIpc) is 3.18. The third-order valence-corrected chi connectivity index (χ3v) is 13.2. The largest absolute Gasteiger partial charge is 0.462 e. The number of hydrogen-bond donors (Lipinski definition) is 1. The molecule has 5 rings (SSSR count). The maximum Gasteiger partial charge on any atom is 0.335 e. The van der Waals surface area contributed by atoms with Crippen LogP contribution < -0.4 is 0 Å². The summed E-state index contributed by atoms with van der Waals surface area (Å²) in [5.41, 5.74) is 0.982. The van der Waals surface area contributed by atoms with Crippen LogP contribution in [0.3, 0.4) is 0 Å². The number of aliphatic hydroxyl groups excluding tert-OH is 1. The summed E-state index contributed by atoms with van der Waals surface area (Å²) in [5, 5.41) is 10.3. The zero-order valence-corrected chi connectivity index (χ0v) is 26.5. The van der Waals surface area contributed by atoms with E-state index in [1.165, 1.54) is 6.92 Å². The van der Waals surface area contributed by atoms with Gasteiger partial charge in [0.2, 0.25) is 0 Å². The molecule has 11 atom stereocenters. The van der Waals surface area contributed by atoms with E-state index in [0.29, 0.717) is 18.8 Å². The Morgan fingerprint density at radius 3 is 2.39 bits per heavy atom. The number of aliphatic hydroxyl groups is 1. The molecule has 1 heterocycles. The topological polar surface area (TPSA) is 99.1 Å². The lowest BCUT2D eigenvalue weighted by Gasteiger charge is -2.70. The van der Waals surface area contributed by atoms with E-state index in [1.54, 1.807) is 0 Å². The zero-order chi connectivity index (χ0) is 30.1. The Kier molecular flexibility index (Phi) is 7.74. The Morgan fingerprint density at radius 2 is 1.73 bits per heavy atom. The normalized spacial score (nSPS) is 44.9. The summed E-state index contributed by atoms with van der Waals surface area (Å²) in [7, 11) is 0. The zero-order valence-electron chi connectivity index (χ0n) is 26.5. The van der Waals surface area contributed by atoms with Gasteiger partial charge in [0.25, 0.3) is 0 Å². The SMILES string of the molecule is CCC(O)CC(=O)O[C@H]1C[C@@H]2[C@@]3(C)CCC[C@](C)(C(C)OC(C)=O)[C@@H]3CC[C@@]2(C)[C@@H]2CCC3=C(C(=O)O[C@H]3C)[C@@]12C. The second-order valence-electron chi connectivity index (χ2n) is 15.1. The molecule has 1 aliphatic heterocycles. The van der Waals surface area contributed by atoms with Crippen LogP contribution in [0.2, 0.25) is 0 Å². The summed E-state index contributed by atoms with van der Waals surface area (Å²) in [6, 6.07) is 0. The van der Waals surface area contributed by atoms with Gasteiger partial charge >= 0.3 is 17.9 Å². The lowest BCUT2D eigenvalue weighted by atomic mass is 9.34. The van der Waals surface area contributed by atoms with Crippen LogP contribution in [0.4, 0.5) is 0 Å². The van der Waals surface area contributed by atoms with Gasteiger partial charge in [-0.1, -0.05) is 41.0 Å². The highest BCUT2D eigenvalue weighted by molar-refractivity contribution is 5.94. The molecule has 1 N–H and O–H groups in total. The molecular formula is C34H52O7. The van der Waals surface area contributed by atoms with Crippen molar-refractivity contribution in [3.63, 3.8) is 0 Å². The Morgan fingerprint density at radius 1 is 1.05 bits per heavy atom. The van der Waals surface area contributed by atoms with Crippen LogP contribution in [0.15, 0.2) is 11.1 Å². The van der Waals surface area contributed by atoms with Crippen LogP contribution in [0.5, 0.6) is 0 Å². The second kappa shape index (κ2) is 10.4. The van der Waals surface area contributed by atoms with Crippen LogP contribution in [-0.4, -0.2) is 47.4 Å². The molecule has 0 aromatic heterocycles. The number of hydrogen-bond acceptors (Lipinski definition) is 7. The van der Waals surface area contributed by atoms with E-state index in [2.05, 4.69) is 34.6 Å². The first-order valence-corrected chi connectivity index (χ1v) is 16.1. The summed E-state index contributed by atoms with van der Waals surface area (Å²) in [6.07, 6.45) is 6.54. The first-order valence-electron chi connectivity index (χ1n) is 16.1. The van der Waals surface area contributed by atoms with Gasteiger partial charge in [-0.25, -0.2) is 4.79 Å². The van der Waals surface area contributed by atoms with Gasteiger partial charge in [-0.15, -0.1) is 0 Å². The van der Waals surface area contributed by atoms with E-state index >= 15 is 0 Å². The minimum Gasteiger partial charge on any atom is -0.462 e. The summed E-state index contributed by atoms with van der Waals surface area (Å²) in [5.74, 6) is -0.0665. The van der Waals surface area contributed by atoms with Gasteiger partial charge in [-0.3, -0.25) is 9.59 Å². The molecule has 7 heteroatoms. The standard InChI is InChI=1S/C34H52O7/c1-9-22(36)17-28(37)41-27-18-26-32(6)15-10-14-31(5,20(3)40-21(4)35)24(32)13-16-33(26,7)25-12-11-23-19(2)39-30(38)29(23)34(25,27)8/h19-20,22,24-27,36H,9-18H2,1-8H3/t19-,20?,22?,24-,25-,26+,27-,31+,32-,33-,34+/m0/s1. The summed E-state index contributed by atoms with van der Waals surface area (Å²) < 4.78 is 18.0. The molecule has 0 radical (unpaired) electrons. The molecule has 3 fully saturated rings. The van der Waals surface area contributed by atoms with E-state index in [1.807, 2.05) is 13.8 Å². The Labute approximate surface area is 246 Å². The predicted octanol–water partition coefficient (Wildman–Crippen LogP) is 6.30. The number of esters is 3. The number of rotatable bonds is 6. The van der Waals surface area contributed by atoms with Crippen LogP contribution >= 0.6 is 0 Å². The Hall–Kier alpha value is -1.89. The van der Waals surface area contributed by atoms with E-state index in [-0.39, 0.29) is 58.6 Å². The molecular weight excluding hydrogens is 520 g/mol. The van der Waals surface area contributed by atoms with Gasteiger partial charge in [0.1, 0.15) is 18.3 Å². The first kappa shape index (κ1) is 30.6. The monoisotopic (exact) mass is 572 g/mol. The molecule has 2 unspecified atom stereocenters. The summed E-state index contributed by atoms with van der Waals surface area (Å²) >= 11 is 0. The van der Waals surface area contributed by atoms with Gasteiger partial charge in [-0.05, 0) is 99.4 Å². The fourth-order valence-electron chi connectivity index (χ4n) is 11.1. The summed E-state index contributed by atoms with van der Waals surface area (Å²) in [4.78, 5) is 38.7. The van der Waals surface area contributed by atoms with E-state index in [9.17, 15) is 19.5 Å². The summed E-state index contributed by atoms with van der Waals surface area (Å²) in [6.45, 7) is 16.7. The molecule has 0 bridgehead atoms. The van der Waals surface area contributed by atoms with Gasteiger partial charge in [-0.2, -0.15) is 0 Å². The van der Waals surface area contributed by atoms with E-state index in [0.717, 1.165) is 56.1 Å². The van der Waals surface area contributed by atoms with Crippen molar-refractivity contribution in [1.29, 1.82) is 0 Å². The molecule has 0 saturated heterocycles. The van der Waals surface area contributed by atoms with E-state index < -0.39 is 23.6 Å². The lowest BCUT2D eigenvalue weighted by Crippen LogP contribution is -2.67. The fourth-order valence-corrected chi connectivity index (χ4v) is 11.1. The highest BCUT2D eigenvalue weighted by Crippen LogP contribution is 2.74. The Bertz CT molecular complexity index is 1130. The molecule has 41 heavy (non-hydrogen) atoms. The van der Waals surface area contributed by atoms with Crippen LogP contribution in [0.25, 0.3) is 0 Å². The van der Waals surface area contributed by atoms with E-state index in [4.69, 9.17) is 14.2 Å². The third kappa shape index (κ3) is 4.50. The number of cyclic esters (lactones) is 1. The second-order valence-corrected chi connectivity index (χ2v) is 15.1. The Balaban J connectivity index is 1.58. The van der Waals surface area contributed by atoms with Gasteiger partial charge in [0.15, 0.2) is 0 Å². The van der Waals surface area contributed by atoms with Crippen molar-refractivity contribution in [2.75, 3.05) is 0 Å². The van der Waals surface area contributed by atoms with Gasteiger partial charge in [0.05, 0.1) is 12.5 Å². The molecule has 0 amide bonds. The lowest BCUT2D eigenvalue weighted by molar-refractivity contribution is -0.237. The first-order chi connectivity index (χ1) is 19.1. The molecule has 7 nitrogen and oxygen atoms in total. The van der Waals surface area contributed by atoms with Gasteiger partial charge < -0.3 is 19.3 Å². The third-order valence-electron chi connectivity index (χ3n) is 13.2. The van der Waals surface area contributed by atoms with Crippen LogP contribution in [0.1, 0.15) is 120 Å². The number of carbonyl (C=O) groups is 3. The molecule has 0 aromatic rings. The number of fused-ring (bicyclic) bond motifs is 6. The molecule has 230 valence electrons.